The van der Waals surface area contributed by atoms with Crippen molar-refractivity contribution < 1.29 is 9.84 Å². The van der Waals surface area contributed by atoms with Gasteiger partial charge >= 0.3 is 0 Å². The standard InChI is InChI=1S/C14H19N9O2/c1-22(7-2-3-7)13-11-12(18-14(15)19-13)17-6-23(11)10-4-8(20-21-16)9(5-24)25-10/h6-10,24H,2-5H2,1H3,(H2,15,18,19)/t8-,9+,10+/m0/s1. The van der Waals surface area contributed by atoms with Crippen molar-refractivity contribution in [2.75, 3.05) is 24.3 Å². The van der Waals surface area contributed by atoms with E-state index >= 15 is 0 Å². The van der Waals surface area contributed by atoms with Crippen LogP contribution in [-0.4, -0.2) is 56.5 Å². The molecule has 11 nitrogen and oxygen atoms in total. The van der Waals surface area contributed by atoms with Gasteiger partial charge in [-0.2, -0.15) is 9.97 Å². The number of nitrogens with two attached hydrogens (primary N) is 1. The minimum Gasteiger partial charge on any atom is -0.394 e. The summed E-state index contributed by atoms with van der Waals surface area (Å²) in [5.41, 5.74) is 15.8. The summed E-state index contributed by atoms with van der Waals surface area (Å²) in [5, 5.41) is 13.2. The highest BCUT2D eigenvalue weighted by Gasteiger charge is 2.37. The lowest BCUT2D eigenvalue weighted by Crippen LogP contribution is -2.23. The van der Waals surface area contributed by atoms with E-state index in [0.717, 1.165) is 18.4 Å². The van der Waals surface area contributed by atoms with Crippen LogP contribution < -0.4 is 10.6 Å². The maximum Gasteiger partial charge on any atom is 0.224 e. The molecule has 11 heteroatoms. The molecule has 0 unspecified atom stereocenters. The molecule has 2 aromatic rings. The fraction of sp³-hybridized carbons (Fsp3) is 0.643. The first-order valence-electron chi connectivity index (χ1n) is 8.15. The van der Waals surface area contributed by atoms with Gasteiger partial charge in [0.15, 0.2) is 11.5 Å². The lowest BCUT2D eigenvalue weighted by atomic mass is 10.1. The van der Waals surface area contributed by atoms with E-state index in [9.17, 15) is 5.11 Å². The smallest absolute Gasteiger partial charge is 0.224 e. The van der Waals surface area contributed by atoms with Crippen molar-refractivity contribution in [3.8, 4) is 0 Å². The largest absolute Gasteiger partial charge is 0.394 e. The van der Waals surface area contributed by atoms with E-state index in [1.54, 1.807) is 6.33 Å². The van der Waals surface area contributed by atoms with Crippen LogP contribution in [-0.2, 0) is 4.74 Å². The Morgan fingerprint density at radius 3 is 3.00 bits per heavy atom. The molecule has 2 aliphatic rings. The number of azide groups is 1. The lowest BCUT2D eigenvalue weighted by Gasteiger charge is -2.21. The van der Waals surface area contributed by atoms with Gasteiger partial charge in [-0.05, 0) is 18.4 Å². The second-order valence-electron chi connectivity index (χ2n) is 6.39. The molecule has 1 aliphatic carbocycles. The highest BCUT2D eigenvalue weighted by molar-refractivity contribution is 5.85. The SMILES string of the molecule is CN(c1nc(N)nc2ncn([C@H]3C[C@H](N=[N+]=[N-])[C@@H](CO)O3)c12)C1CC1. The molecule has 2 aromatic heterocycles. The van der Waals surface area contributed by atoms with Gasteiger partial charge in [-0.15, -0.1) is 0 Å². The third kappa shape index (κ3) is 2.72. The first-order chi connectivity index (χ1) is 12.1. The van der Waals surface area contributed by atoms with Gasteiger partial charge in [-0.25, -0.2) is 4.98 Å². The number of nitrogen functional groups attached to an aromatic ring is 1. The van der Waals surface area contributed by atoms with Gasteiger partial charge in [0.05, 0.1) is 25.1 Å². The van der Waals surface area contributed by atoms with Crippen LogP contribution in [0.25, 0.3) is 21.6 Å². The molecular formula is C14H19N9O2. The molecule has 3 heterocycles. The zero-order valence-corrected chi connectivity index (χ0v) is 13.7. The van der Waals surface area contributed by atoms with E-state index in [-0.39, 0.29) is 12.6 Å². The molecule has 1 saturated carbocycles. The summed E-state index contributed by atoms with van der Waals surface area (Å²) in [4.78, 5) is 17.9. The normalized spacial score (nSPS) is 25.9. The Bertz CT molecular complexity index is 842. The molecule has 2 fully saturated rings. The number of aromatic nitrogens is 4. The molecule has 0 bridgehead atoms. The Hall–Kier alpha value is -2.62. The highest BCUT2D eigenvalue weighted by atomic mass is 16.5. The van der Waals surface area contributed by atoms with Gasteiger partial charge in [-0.1, -0.05) is 5.11 Å². The van der Waals surface area contributed by atoms with Crippen LogP contribution in [0, 0.1) is 0 Å². The van der Waals surface area contributed by atoms with Gasteiger partial charge in [0, 0.05) is 24.4 Å². The molecule has 1 aliphatic heterocycles. The van der Waals surface area contributed by atoms with Crippen molar-refractivity contribution in [3.05, 3.63) is 16.8 Å². The van der Waals surface area contributed by atoms with Crippen LogP contribution >= 0.6 is 0 Å². The predicted octanol–water partition coefficient (Wildman–Crippen LogP) is 0.966. The van der Waals surface area contributed by atoms with Crippen LogP contribution in [0.15, 0.2) is 11.4 Å². The second-order valence-corrected chi connectivity index (χ2v) is 6.39. The Labute approximate surface area is 143 Å². The molecule has 132 valence electrons. The number of ether oxygens (including phenoxy) is 1. The number of hydrogen-bond donors (Lipinski definition) is 2. The Morgan fingerprint density at radius 1 is 1.52 bits per heavy atom. The quantitative estimate of drug-likeness (QED) is 0.465. The predicted molar refractivity (Wildman–Crippen MR) is 89.7 cm³/mol. The number of hydrogen-bond acceptors (Lipinski definition) is 8. The number of nitrogens with zero attached hydrogens (tertiary/aromatic N) is 8. The molecule has 0 aromatic carbocycles. The number of anilines is 2. The monoisotopic (exact) mass is 345 g/mol. The summed E-state index contributed by atoms with van der Waals surface area (Å²) in [6.45, 7) is -0.217. The molecule has 1 saturated heterocycles. The maximum absolute atomic E-state index is 9.47. The summed E-state index contributed by atoms with van der Waals surface area (Å²) in [6.07, 6.45) is 3.33. The summed E-state index contributed by atoms with van der Waals surface area (Å²) in [5.74, 6) is 0.881. The van der Waals surface area contributed by atoms with Crippen molar-refractivity contribution in [1.82, 2.24) is 19.5 Å². The van der Waals surface area contributed by atoms with E-state index < -0.39 is 18.4 Å². The Kier molecular flexibility index (Phi) is 3.83. The minimum atomic E-state index is -0.544. The number of aliphatic hydroxyl groups is 1. The summed E-state index contributed by atoms with van der Waals surface area (Å²) in [6, 6.07) is 0.00300. The van der Waals surface area contributed by atoms with Crippen molar-refractivity contribution in [3.63, 3.8) is 0 Å². The van der Waals surface area contributed by atoms with Gasteiger partial charge in [0.1, 0.15) is 11.7 Å². The Balaban J connectivity index is 1.76. The number of imidazole rings is 1. The van der Waals surface area contributed by atoms with Crippen LogP contribution in [0.1, 0.15) is 25.5 Å². The van der Waals surface area contributed by atoms with Gasteiger partial charge in [-0.3, -0.25) is 4.57 Å². The number of rotatable bonds is 5. The third-order valence-electron chi connectivity index (χ3n) is 4.75. The fourth-order valence-electron chi connectivity index (χ4n) is 3.28. The van der Waals surface area contributed by atoms with Crippen LogP contribution in [0.3, 0.4) is 0 Å². The van der Waals surface area contributed by atoms with E-state index in [2.05, 4.69) is 29.9 Å². The highest BCUT2D eigenvalue weighted by Crippen LogP contribution is 2.37. The number of fused-ring (bicyclic) bond motifs is 1. The zero-order valence-electron chi connectivity index (χ0n) is 13.7. The molecular weight excluding hydrogens is 326 g/mol. The van der Waals surface area contributed by atoms with Crippen LogP contribution in [0.4, 0.5) is 11.8 Å². The summed E-state index contributed by atoms with van der Waals surface area (Å²) < 4.78 is 7.70. The van der Waals surface area contributed by atoms with Gasteiger partial charge in [0.25, 0.3) is 0 Å². The zero-order chi connectivity index (χ0) is 17.6. The van der Waals surface area contributed by atoms with Gasteiger partial charge in [0.2, 0.25) is 5.95 Å². The maximum atomic E-state index is 9.47. The van der Waals surface area contributed by atoms with Crippen molar-refractivity contribution >= 4 is 22.9 Å². The summed E-state index contributed by atoms with van der Waals surface area (Å²) in [7, 11) is 1.98. The lowest BCUT2D eigenvalue weighted by molar-refractivity contribution is -0.0230. The van der Waals surface area contributed by atoms with E-state index in [0.29, 0.717) is 23.9 Å². The van der Waals surface area contributed by atoms with Crippen molar-refractivity contribution in [2.45, 2.75) is 43.7 Å². The van der Waals surface area contributed by atoms with Crippen molar-refractivity contribution in [1.29, 1.82) is 0 Å². The summed E-state index contributed by atoms with van der Waals surface area (Å²) >= 11 is 0. The average Bonchev–Trinajstić information content (AvgIpc) is 3.24. The molecule has 0 spiro atoms. The Morgan fingerprint density at radius 2 is 2.32 bits per heavy atom. The second kappa shape index (κ2) is 6.03. The topological polar surface area (TPSA) is 151 Å². The average molecular weight is 345 g/mol. The van der Waals surface area contributed by atoms with Crippen molar-refractivity contribution in [2.24, 2.45) is 5.11 Å². The number of aliphatic hydroxyl groups excluding tert-OH is 1. The molecule has 4 rings (SSSR count). The molecule has 0 amide bonds. The first-order valence-corrected chi connectivity index (χ1v) is 8.15. The molecule has 3 atom stereocenters. The minimum absolute atomic E-state index is 0.174. The van der Waals surface area contributed by atoms with Crippen LogP contribution in [0.5, 0.6) is 0 Å². The van der Waals surface area contributed by atoms with E-state index in [4.69, 9.17) is 16.0 Å². The fourth-order valence-corrected chi connectivity index (χ4v) is 3.28. The third-order valence-corrected chi connectivity index (χ3v) is 4.75. The first kappa shape index (κ1) is 15.9. The van der Waals surface area contributed by atoms with Gasteiger partial charge < -0.3 is 20.5 Å². The molecule has 0 radical (unpaired) electrons. The van der Waals surface area contributed by atoms with E-state index in [1.807, 2.05) is 11.6 Å². The molecule has 25 heavy (non-hydrogen) atoms. The van der Waals surface area contributed by atoms with Crippen LogP contribution in [0.2, 0.25) is 0 Å². The van der Waals surface area contributed by atoms with E-state index in [1.165, 1.54) is 0 Å². The molecule has 3 N–H and O–H groups in total.